The first kappa shape index (κ1) is 11.4. The predicted molar refractivity (Wildman–Crippen MR) is 68.1 cm³/mol. The molecule has 0 fully saturated rings. The number of aromatic nitrogens is 1. The molecule has 1 aromatic carbocycles. The standard InChI is InChI=1S/C12H16N2OS/c1-3-9(13)7-15-10-4-5-11-12(6-10)16-8(2)14-11/h4-6,9H,3,7,13H2,1-2H3. The quantitative estimate of drug-likeness (QED) is 0.888. The van der Waals surface area contributed by atoms with Gasteiger partial charge in [0.15, 0.2) is 0 Å². The molecule has 0 saturated heterocycles. The van der Waals surface area contributed by atoms with Gasteiger partial charge in [0.2, 0.25) is 0 Å². The maximum absolute atomic E-state index is 5.80. The normalized spacial score (nSPS) is 12.9. The number of thiazole rings is 1. The first-order valence-corrected chi connectivity index (χ1v) is 6.26. The van der Waals surface area contributed by atoms with Crippen LogP contribution in [0.15, 0.2) is 18.2 Å². The van der Waals surface area contributed by atoms with Crippen LogP contribution in [0.4, 0.5) is 0 Å². The van der Waals surface area contributed by atoms with Gasteiger partial charge in [-0.2, -0.15) is 0 Å². The zero-order valence-corrected chi connectivity index (χ0v) is 10.4. The molecular formula is C12H16N2OS. The molecule has 0 amide bonds. The van der Waals surface area contributed by atoms with Crippen molar-refractivity contribution < 1.29 is 4.74 Å². The molecule has 0 saturated carbocycles. The molecule has 3 nitrogen and oxygen atoms in total. The van der Waals surface area contributed by atoms with E-state index < -0.39 is 0 Å². The number of benzene rings is 1. The van der Waals surface area contributed by atoms with Gasteiger partial charge in [-0.1, -0.05) is 6.92 Å². The Hall–Kier alpha value is -1.13. The average molecular weight is 236 g/mol. The van der Waals surface area contributed by atoms with Crippen LogP contribution in [0.25, 0.3) is 10.2 Å². The van der Waals surface area contributed by atoms with E-state index in [-0.39, 0.29) is 6.04 Å². The van der Waals surface area contributed by atoms with Crippen LogP contribution in [0.1, 0.15) is 18.4 Å². The zero-order valence-electron chi connectivity index (χ0n) is 9.56. The molecular weight excluding hydrogens is 220 g/mol. The van der Waals surface area contributed by atoms with E-state index in [0.29, 0.717) is 6.61 Å². The van der Waals surface area contributed by atoms with Crippen molar-refractivity contribution in [3.63, 3.8) is 0 Å². The Kier molecular flexibility index (Phi) is 3.41. The largest absolute Gasteiger partial charge is 0.492 e. The lowest BCUT2D eigenvalue weighted by molar-refractivity contribution is 0.286. The summed E-state index contributed by atoms with van der Waals surface area (Å²) in [6, 6.07) is 6.08. The summed E-state index contributed by atoms with van der Waals surface area (Å²) >= 11 is 1.68. The summed E-state index contributed by atoms with van der Waals surface area (Å²) in [7, 11) is 0. The summed E-state index contributed by atoms with van der Waals surface area (Å²) in [5, 5.41) is 1.08. The van der Waals surface area contributed by atoms with E-state index >= 15 is 0 Å². The van der Waals surface area contributed by atoms with E-state index in [2.05, 4.69) is 11.9 Å². The van der Waals surface area contributed by atoms with Crippen LogP contribution in [0, 0.1) is 6.92 Å². The number of nitrogens with zero attached hydrogens (tertiary/aromatic N) is 1. The second-order valence-electron chi connectivity index (χ2n) is 3.84. The SMILES string of the molecule is CCC(N)COc1ccc2nc(C)sc2c1. The highest BCUT2D eigenvalue weighted by atomic mass is 32.1. The minimum atomic E-state index is 0.110. The molecule has 0 bridgehead atoms. The van der Waals surface area contributed by atoms with Gasteiger partial charge < -0.3 is 10.5 Å². The van der Waals surface area contributed by atoms with E-state index in [0.717, 1.165) is 22.7 Å². The second-order valence-corrected chi connectivity index (χ2v) is 5.08. The lowest BCUT2D eigenvalue weighted by Gasteiger charge is -2.10. The van der Waals surface area contributed by atoms with Crippen LogP contribution < -0.4 is 10.5 Å². The Bertz CT molecular complexity index is 481. The molecule has 2 N–H and O–H groups in total. The summed E-state index contributed by atoms with van der Waals surface area (Å²) in [6.45, 7) is 4.64. The summed E-state index contributed by atoms with van der Waals surface area (Å²) in [6.07, 6.45) is 0.932. The molecule has 86 valence electrons. The molecule has 0 aliphatic rings. The van der Waals surface area contributed by atoms with Gasteiger partial charge in [0.25, 0.3) is 0 Å². The molecule has 0 aliphatic heterocycles. The van der Waals surface area contributed by atoms with Crippen molar-refractivity contribution in [1.29, 1.82) is 0 Å². The smallest absolute Gasteiger partial charge is 0.120 e. The molecule has 1 aromatic heterocycles. The molecule has 1 unspecified atom stereocenters. The summed E-state index contributed by atoms with van der Waals surface area (Å²) in [5.74, 6) is 0.875. The number of aryl methyl sites for hydroxylation is 1. The predicted octanol–water partition coefficient (Wildman–Crippen LogP) is 2.72. The highest BCUT2D eigenvalue weighted by molar-refractivity contribution is 7.18. The Morgan fingerprint density at radius 3 is 3.06 bits per heavy atom. The van der Waals surface area contributed by atoms with Gasteiger partial charge in [0, 0.05) is 6.04 Å². The van der Waals surface area contributed by atoms with Gasteiger partial charge in [-0.3, -0.25) is 0 Å². The third-order valence-corrected chi connectivity index (χ3v) is 3.39. The van der Waals surface area contributed by atoms with E-state index in [1.165, 1.54) is 4.70 Å². The number of rotatable bonds is 4. The molecule has 16 heavy (non-hydrogen) atoms. The van der Waals surface area contributed by atoms with Crippen molar-refractivity contribution in [2.45, 2.75) is 26.3 Å². The maximum Gasteiger partial charge on any atom is 0.120 e. The summed E-state index contributed by atoms with van der Waals surface area (Å²) in [5.41, 5.74) is 6.84. The van der Waals surface area contributed by atoms with E-state index in [1.807, 2.05) is 25.1 Å². The molecule has 0 radical (unpaired) electrons. The van der Waals surface area contributed by atoms with E-state index in [4.69, 9.17) is 10.5 Å². The van der Waals surface area contributed by atoms with Crippen molar-refractivity contribution in [2.75, 3.05) is 6.61 Å². The number of fused-ring (bicyclic) bond motifs is 1. The number of nitrogens with two attached hydrogens (primary N) is 1. The number of hydrogen-bond donors (Lipinski definition) is 1. The van der Waals surface area contributed by atoms with Crippen LogP contribution in [0.2, 0.25) is 0 Å². The van der Waals surface area contributed by atoms with Crippen LogP contribution >= 0.6 is 11.3 Å². The van der Waals surface area contributed by atoms with Gasteiger partial charge >= 0.3 is 0 Å². The molecule has 0 spiro atoms. The van der Waals surface area contributed by atoms with Crippen LogP contribution in [-0.4, -0.2) is 17.6 Å². The number of ether oxygens (including phenoxy) is 1. The van der Waals surface area contributed by atoms with Gasteiger partial charge in [-0.25, -0.2) is 4.98 Å². The van der Waals surface area contributed by atoms with E-state index in [1.54, 1.807) is 11.3 Å². The minimum absolute atomic E-state index is 0.110. The van der Waals surface area contributed by atoms with Crippen LogP contribution in [-0.2, 0) is 0 Å². The number of hydrogen-bond acceptors (Lipinski definition) is 4. The van der Waals surface area contributed by atoms with Crippen LogP contribution in [0.3, 0.4) is 0 Å². The third kappa shape index (κ3) is 2.51. The zero-order chi connectivity index (χ0) is 11.5. The Morgan fingerprint density at radius 1 is 1.50 bits per heavy atom. The fraction of sp³-hybridized carbons (Fsp3) is 0.417. The Morgan fingerprint density at radius 2 is 2.31 bits per heavy atom. The third-order valence-electron chi connectivity index (χ3n) is 2.46. The molecule has 2 rings (SSSR count). The lowest BCUT2D eigenvalue weighted by atomic mass is 10.2. The Balaban J connectivity index is 2.13. The molecule has 4 heteroatoms. The first-order valence-electron chi connectivity index (χ1n) is 5.44. The lowest BCUT2D eigenvalue weighted by Crippen LogP contribution is -2.26. The summed E-state index contributed by atoms with van der Waals surface area (Å²) in [4.78, 5) is 4.40. The van der Waals surface area contributed by atoms with Gasteiger partial charge in [0.05, 0.1) is 15.2 Å². The fourth-order valence-electron chi connectivity index (χ4n) is 1.43. The first-order chi connectivity index (χ1) is 7.69. The highest BCUT2D eigenvalue weighted by Gasteiger charge is 2.04. The van der Waals surface area contributed by atoms with Crippen molar-refractivity contribution >= 4 is 21.6 Å². The average Bonchev–Trinajstić information content (AvgIpc) is 2.65. The Labute approximate surface area is 99.3 Å². The van der Waals surface area contributed by atoms with Gasteiger partial charge in [-0.15, -0.1) is 11.3 Å². The van der Waals surface area contributed by atoms with Crippen molar-refractivity contribution in [3.8, 4) is 5.75 Å². The van der Waals surface area contributed by atoms with Crippen molar-refractivity contribution in [1.82, 2.24) is 4.98 Å². The summed E-state index contributed by atoms with van der Waals surface area (Å²) < 4.78 is 6.80. The second kappa shape index (κ2) is 4.80. The molecule has 2 aromatic rings. The van der Waals surface area contributed by atoms with Crippen molar-refractivity contribution in [3.05, 3.63) is 23.2 Å². The molecule has 1 atom stereocenters. The topological polar surface area (TPSA) is 48.1 Å². The van der Waals surface area contributed by atoms with E-state index in [9.17, 15) is 0 Å². The van der Waals surface area contributed by atoms with Crippen molar-refractivity contribution in [2.24, 2.45) is 5.73 Å². The van der Waals surface area contributed by atoms with Gasteiger partial charge in [-0.05, 0) is 31.5 Å². The molecule has 1 heterocycles. The fourth-order valence-corrected chi connectivity index (χ4v) is 2.29. The van der Waals surface area contributed by atoms with Gasteiger partial charge in [0.1, 0.15) is 12.4 Å². The maximum atomic E-state index is 5.80. The highest BCUT2D eigenvalue weighted by Crippen LogP contribution is 2.25. The van der Waals surface area contributed by atoms with Crippen LogP contribution in [0.5, 0.6) is 5.75 Å². The minimum Gasteiger partial charge on any atom is -0.492 e. The monoisotopic (exact) mass is 236 g/mol. The molecule has 0 aliphatic carbocycles.